The van der Waals surface area contributed by atoms with Gasteiger partial charge in [0.25, 0.3) is 0 Å². The fraction of sp³-hybridized carbons (Fsp3) is 0.647. The molecule has 0 amide bonds. The predicted molar refractivity (Wildman–Crippen MR) is 83.9 cm³/mol. The number of nitrogens with two attached hydrogens (primary N) is 1. The van der Waals surface area contributed by atoms with Crippen molar-refractivity contribution in [1.29, 1.82) is 0 Å². The molecule has 1 aromatic carbocycles. The lowest BCUT2D eigenvalue weighted by Gasteiger charge is -2.38. The van der Waals surface area contributed by atoms with Gasteiger partial charge in [-0.2, -0.15) is 0 Å². The number of ether oxygens (including phenoxy) is 1. The molecule has 0 bridgehead atoms. The summed E-state index contributed by atoms with van der Waals surface area (Å²) in [4.78, 5) is 2.53. The van der Waals surface area contributed by atoms with Crippen LogP contribution in [0.5, 0.6) is 5.75 Å². The molecule has 1 aromatic rings. The van der Waals surface area contributed by atoms with Crippen LogP contribution >= 0.6 is 0 Å². The Balaban J connectivity index is 1.97. The van der Waals surface area contributed by atoms with Gasteiger partial charge in [-0.05, 0) is 49.4 Å². The van der Waals surface area contributed by atoms with Gasteiger partial charge in [0, 0.05) is 19.1 Å². The zero-order valence-corrected chi connectivity index (χ0v) is 12.8. The number of nitrogens with zero attached hydrogens (tertiary/aromatic N) is 1. The second kappa shape index (κ2) is 7.65. The molecule has 1 heterocycles. The third kappa shape index (κ3) is 4.22. The predicted octanol–water partition coefficient (Wildman–Crippen LogP) is 3.03. The number of likely N-dealkylation sites (tertiary alicyclic amines) is 1. The maximum Gasteiger partial charge on any atom is 0.119 e. The SMILES string of the molecule is CCCOc1cccc(CN2CCC(C)CC2CN)c1. The van der Waals surface area contributed by atoms with Gasteiger partial charge < -0.3 is 10.5 Å². The topological polar surface area (TPSA) is 38.5 Å². The molecule has 112 valence electrons. The summed E-state index contributed by atoms with van der Waals surface area (Å²) in [7, 11) is 0. The van der Waals surface area contributed by atoms with Crippen molar-refractivity contribution >= 4 is 0 Å². The van der Waals surface area contributed by atoms with Gasteiger partial charge in [0.15, 0.2) is 0 Å². The standard InChI is InChI=1S/C17H28N2O/c1-3-9-20-17-6-4-5-15(11-17)13-19-8-7-14(2)10-16(19)12-18/h4-6,11,14,16H,3,7-10,12-13,18H2,1-2H3. The van der Waals surface area contributed by atoms with Crippen LogP contribution in [0, 0.1) is 5.92 Å². The summed E-state index contributed by atoms with van der Waals surface area (Å²) in [5, 5.41) is 0. The molecule has 0 aromatic heterocycles. The Morgan fingerprint density at radius 1 is 1.40 bits per heavy atom. The van der Waals surface area contributed by atoms with E-state index in [1.807, 2.05) is 6.07 Å². The van der Waals surface area contributed by atoms with Crippen molar-refractivity contribution in [2.24, 2.45) is 11.7 Å². The summed E-state index contributed by atoms with van der Waals surface area (Å²) in [6.45, 7) is 8.15. The first-order valence-corrected chi connectivity index (χ1v) is 7.88. The summed E-state index contributed by atoms with van der Waals surface area (Å²) in [5.74, 6) is 1.79. The third-order valence-electron chi connectivity index (χ3n) is 4.13. The minimum absolute atomic E-state index is 0.527. The van der Waals surface area contributed by atoms with Crippen LogP contribution in [0.15, 0.2) is 24.3 Å². The van der Waals surface area contributed by atoms with Gasteiger partial charge in [-0.15, -0.1) is 0 Å². The Morgan fingerprint density at radius 3 is 3.00 bits per heavy atom. The first kappa shape index (κ1) is 15.3. The van der Waals surface area contributed by atoms with Gasteiger partial charge in [0.05, 0.1) is 6.61 Å². The van der Waals surface area contributed by atoms with Crippen molar-refractivity contribution in [3.63, 3.8) is 0 Å². The van der Waals surface area contributed by atoms with Crippen LogP contribution in [0.1, 0.15) is 38.7 Å². The zero-order chi connectivity index (χ0) is 14.4. The summed E-state index contributed by atoms with van der Waals surface area (Å²) in [5.41, 5.74) is 7.26. The molecule has 1 aliphatic rings. The molecule has 3 heteroatoms. The van der Waals surface area contributed by atoms with Gasteiger partial charge in [0.1, 0.15) is 5.75 Å². The summed E-state index contributed by atoms with van der Waals surface area (Å²) >= 11 is 0. The van der Waals surface area contributed by atoms with E-state index < -0.39 is 0 Å². The van der Waals surface area contributed by atoms with Crippen LogP contribution in [0.2, 0.25) is 0 Å². The molecule has 2 atom stereocenters. The van der Waals surface area contributed by atoms with E-state index in [1.165, 1.54) is 18.4 Å². The van der Waals surface area contributed by atoms with Crippen molar-refractivity contribution in [1.82, 2.24) is 4.90 Å². The molecular weight excluding hydrogens is 248 g/mol. The fourth-order valence-corrected chi connectivity index (χ4v) is 2.94. The first-order valence-electron chi connectivity index (χ1n) is 7.88. The van der Waals surface area contributed by atoms with Gasteiger partial charge in [-0.3, -0.25) is 4.90 Å². The molecule has 0 saturated carbocycles. The van der Waals surface area contributed by atoms with Crippen LogP contribution in [0.4, 0.5) is 0 Å². The average Bonchev–Trinajstić information content (AvgIpc) is 2.47. The highest BCUT2D eigenvalue weighted by atomic mass is 16.5. The third-order valence-corrected chi connectivity index (χ3v) is 4.13. The Morgan fingerprint density at radius 2 is 2.25 bits per heavy atom. The van der Waals surface area contributed by atoms with E-state index in [4.69, 9.17) is 10.5 Å². The van der Waals surface area contributed by atoms with Gasteiger partial charge in [-0.1, -0.05) is 26.0 Å². The molecule has 1 fully saturated rings. The monoisotopic (exact) mass is 276 g/mol. The molecule has 0 radical (unpaired) electrons. The van der Waals surface area contributed by atoms with Crippen LogP contribution in [-0.4, -0.2) is 30.6 Å². The highest BCUT2D eigenvalue weighted by Gasteiger charge is 2.25. The lowest BCUT2D eigenvalue weighted by atomic mass is 9.92. The Hall–Kier alpha value is -1.06. The molecule has 20 heavy (non-hydrogen) atoms. The van der Waals surface area contributed by atoms with Crippen molar-refractivity contribution in [2.75, 3.05) is 19.7 Å². The van der Waals surface area contributed by atoms with E-state index in [0.717, 1.165) is 44.3 Å². The highest BCUT2D eigenvalue weighted by Crippen LogP contribution is 2.24. The van der Waals surface area contributed by atoms with Crippen molar-refractivity contribution in [3.8, 4) is 5.75 Å². The zero-order valence-electron chi connectivity index (χ0n) is 12.8. The number of benzene rings is 1. The number of rotatable bonds is 6. The Kier molecular flexibility index (Phi) is 5.86. The summed E-state index contributed by atoms with van der Waals surface area (Å²) < 4.78 is 5.71. The van der Waals surface area contributed by atoms with Crippen LogP contribution in [-0.2, 0) is 6.54 Å². The van der Waals surface area contributed by atoms with Crippen LogP contribution < -0.4 is 10.5 Å². The molecule has 2 rings (SSSR count). The second-order valence-electron chi connectivity index (χ2n) is 5.99. The first-order chi connectivity index (χ1) is 9.72. The Labute approximate surface area is 123 Å². The fourth-order valence-electron chi connectivity index (χ4n) is 2.94. The molecule has 1 aliphatic heterocycles. The maximum atomic E-state index is 5.94. The van der Waals surface area contributed by atoms with E-state index in [9.17, 15) is 0 Å². The largest absolute Gasteiger partial charge is 0.494 e. The molecule has 2 unspecified atom stereocenters. The molecular formula is C17H28N2O. The number of piperidine rings is 1. The summed E-state index contributed by atoms with van der Waals surface area (Å²) in [6.07, 6.45) is 3.55. The minimum Gasteiger partial charge on any atom is -0.494 e. The van der Waals surface area contributed by atoms with E-state index >= 15 is 0 Å². The second-order valence-corrected chi connectivity index (χ2v) is 5.99. The maximum absolute atomic E-state index is 5.94. The molecule has 0 aliphatic carbocycles. The van der Waals surface area contributed by atoms with Gasteiger partial charge >= 0.3 is 0 Å². The minimum atomic E-state index is 0.527. The van der Waals surface area contributed by atoms with Crippen molar-refractivity contribution in [2.45, 2.75) is 45.7 Å². The normalized spacial score (nSPS) is 23.8. The van der Waals surface area contributed by atoms with Gasteiger partial charge in [-0.25, -0.2) is 0 Å². The molecule has 3 nitrogen and oxygen atoms in total. The Bertz CT molecular complexity index is 408. The molecule has 0 spiro atoms. The van der Waals surface area contributed by atoms with E-state index in [2.05, 4.69) is 36.9 Å². The van der Waals surface area contributed by atoms with Crippen molar-refractivity contribution in [3.05, 3.63) is 29.8 Å². The van der Waals surface area contributed by atoms with Crippen LogP contribution in [0.25, 0.3) is 0 Å². The smallest absolute Gasteiger partial charge is 0.119 e. The number of hydrogen-bond donors (Lipinski definition) is 1. The lowest BCUT2D eigenvalue weighted by Crippen LogP contribution is -2.45. The van der Waals surface area contributed by atoms with E-state index in [-0.39, 0.29) is 0 Å². The van der Waals surface area contributed by atoms with Crippen LogP contribution in [0.3, 0.4) is 0 Å². The lowest BCUT2D eigenvalue weighted by molar-refractivity contribution is 0.115. The van der Waals surface area contributed by atoms with E-state index in [1.54, 1.807) is 0 Å². The molecule has 2 N–H and O–H groups in total. The quantitative estimate of drug-likeness (QED) is 0.868. The summed E-state index contributed by atoms with van der Waals surface area (Å²) in [6, 6.07) is 9.01. The van der Waals surface area contributed by atoms with Crippen molar-refractivity contribution < 1.29 is 4.74 Å². The average molecular weight is 276 g/mol. The molecule has 1 saturated heterocycles. The van der Waals surface area contributed by atoms with E-state index in [0.29, 0.717) is 6.04 Å². The van der Waals surface area contributed by atoms with Gasteiger partial charge in [0.2, 0.25) is 0 Å². The number of hydrogen-bond acceptors (Lipinski definition) is 3. The highest BCUT2D eigenvalue weighted by molar-refractivity contribution is 5.28.